The van der Waals surface area contributed by atoms with Gasteiger partial charge < -0.3 is 19.2 Å². The summed E-state index contributed by atoms with van der Waals surface area (Å²) in [5.74, 6) is 0.869. The molecule has 1 aromatic carbocycles. The molecule has 0 saturated carbocycles. The summed E-state index contributed by atoms with van der Waals surface area (Å²) < 4.78 is 12.4. The van der Waals surface area contributed by atoms with Gasteiger partial charge in [-0.2, -0.15) is 0 Å². The molecule has 2 aromatic heterocycles. The molecule has 0 aliphatic carbocycles. The van der Waals surface area contributed by atoms with E-state index in [0.29, 0.717) is 22.7 Å². The van der Waals surface area contributed by atoms with Crippen molar-refractivity contribution >= 4 is 17.2 Å². The molecule has 2 heterocycles. The van der Waals surface area contributed by atoms with Gasteiger partial charge in [0, 0.05) is 23.5 Å². The fourth-order valence-electron chi connectivity index (χ4n) is 2.53. The minimum atomic E-state index is -0.251. The first-order chi connectivity index (χ1) is 11.5. The van der Waals surface area contributed by atoms with Crippen LogP contribution in [0.25, 0.3) is 5.65 Å². The lowest BCUT2D eigenvalue weighted by Crippen LogP contribution is -2.13. The lowest BCUT2D eigenvalue weighted by atomic mass is 10.2. The van der Waals surface area contributed by atoms with Gasteiger partial charge in [-0.15, -0.1) is 0 Å². The number of carbonyl (C=O) groups excluding carboxylic acids is 1. The molecule has 24 heavy (non-hydrogen) atoms. The molecule has 1 N–H and O–H groups in total. The number of carbonyl (C=O) groups is 1. The SMILES string of the molecule is COc1cc(OC)cc(C(=O)Nc2cccn3c(C)c(C)nc23)c1. The number of anilines is 1. The molecule has 0 aliphatic rings. The van der Waals surface area contributed by atoms with Crippen molar-refractivity contribution in [1.82, 2.24) is 9.38 Å². The highest BCUT2D eigenvalue weighted by Gasteiger charge is 2.14. The van der Waals surface area contributed by atoms with Crippen molar-refractivity contribution in [3.63, 3.8) is 0 Å². The Bertz CT molecular complexity index is 893. The number of rotatable bonds is 4. The number of hydrogen-bond acceptors (Lipinski definition) is 4. The number of benzene rings is 1. The smallest absolute Gasteiger partial charge is 0.256 e. The summed E-state index contributed by atoms with van der Waals surface area (Å²) in [6.45, 7) is 3.94. The summed E-state index contributed by atoms with van der Waals surface area (Å²) in [5, 5.41) is 2.91. The molecule has 0 spiro atoms. The third-order valence-electron chi connectivity index (χ3n) is 3.99. The van der Waals surface area contributed by atoms with Crippen molar-refractivity contribution in [1.29, 1.82) is 0 Å². The largest absolute Gasteiger partial charge is 0.497 e. The molecule has 0 unspecified atom stereocenters. The van der Waals surface area contributed by atoms with Crippen molar-refractivity contribution in [2.24, 2.45) is 0 Å². The average Bonchev–Trinajstić information content (AvgIpc) is 2.90. The number of ether oxygens (including phenoxy) is 2. The Hall–Kier alpha value is -3.02. The Morgan fingerprint density at radius 2 is 1.79 bits per heavy atom. The Kier molecular flexibility index (Phi) is 4.12. The molecule has 1 amide bonds. The van der Waals surface area contributed by atoms with Gasteiger partial charge in [0.1, 0.15) is 11.5 Å². The van der Waals surface area contributed by atoms with Crippen LogP contribution in [0.15, 0.2) is 36.5 Å². The van der Waals surface area contributed by atoms with Crippen LogP contribution in [0.1, 0.15) is 21.7 Å². The van der Waals surface area contributed by atoms with Crippen molar-refractivity contribution in [3.05, 3.63) is 53.5 Å². The zero-order valence-electron chi connectivity index (χ0n) is 14.1. The normalized spacial score (nSPS) is 10.7. The molecule has 3 rings (SSSR count). The van der Waals surface area contributed by atoms with Crippen LogP contribution in [-0.4, -0.2) is 29.5 Å². The maximum Gasteiger partial charge on any atom is 0.256 e. The highest BCUT2D eigenvalue weighted by Crippen LogP contribution is 2.24. The van der Waals surface area contributed by atoms with Gasteiger partial charge in [-0.05, 0) is 38.1 Å². The van der Waals surface area contributed by atoms with Gasteiger partial charge >= 0.3 is 0 Å². The van der Waals surface area contributed by atoms with Gasteiger partial charge in [0.15, 0.2) is 5.65 Å². The number of amides is 1. The van der Waals surface area contributed by atoms with Gasteiger partial charge in [-0.25, -0.2) is 4.98 Å². The van der Waals surface area contributed by atoms with E-state index in [0.717, 1.165) is 17.0 Å². The van der Waals surface area contributed by atoms with E-state index >= 15 is 0 Å². The van der Waals surface area contributed by atoms with Crippen molar-refractivity contribution < 1.29 is 14.3 Å². The Labute approximate surface area is 140 Å². The number of imidazole rings is 1. The maximum atomic E-state index is 12.6. The topological polar surface area (TPSA) is 64.9 Å². The minimum Gasteiger partial charge on any atom is -0.497 e. The third-order valence-corrected chi connectivity index (χ3v) is 3.99. The zero-order valence-corrected chi connectivity index (χ0v) is 14.1. The summed E-state index contributed by atoms with van der Waals surface area (Å²) in [7, 11) is 3.10. The molecule has 124 valence electrons. The minimum absolute atomic E-state index is 0.251. The van der Waals surface area contributed by atoms with E-state index in [2.05, 4.69) is 10.3 Å². The number of pyridine rings is 1. The van der Waals surface area contributed by atoms with E-state index in [-0.39, 0.29) is 5.91 Å². The molecule has 6 heteroatoms. The predicted octanol–water partition coefficient (Wildman–Crippen LogP) is 3.22. The summed E-state index contributed by atoms with van der Waals surface area (Å²) in [4.78, 5) is 17.2. The van der Waals surface area contributed by atoms with Crippen LogP contribution in [0, 0.1) is 13.8 Å². The van der Waals surface area contributed by atoms with Crippen molar-refractivity contribution in [3.8, 4) is 11.5 Å². The average molecular weight is 325 g/mol. The lowest BCUT2D eigenvalue weighted by Gasteiger charge is -2.10. The van der Waals surface area contributed by atoms with E-state index in [1.165, 1.54) is 0 Å². The molecular weight excluding hydrogens is 306 g/mol. The molecule has 0 radical (unpaired) electrons. The number of hydrogen-bond donors (Lipinski definition) is 1. The van der Waals surface area contributed by atoms with E-state index in [1.54, 1.807) is 32.4 Å². The van der Waals surface area contributed by atoms with E-state index in [9.17, 15) is 4.79 Å². The summed E-state index contributed by atoms with van der Waals surface area (Å²) >= 11 is 0. The standard InChI is InChI=1S/C18H19N3O3/c1-11-12(2)21-7-5-6-16(17(21)19-11)20-18(22)13-8-14(23-3)10-15(9-13)24-4/h5-10H,1-4H3,(H,20,22). The highest BCUT2D eigenvalue weighted by atomic mass is 16.5. The van der Waals surface area contributed by atoms with Gasteiger partial charge in [-0.3, -0.25) is 4.79 Å². The predicted molar refractivity (Wildman–Crippen MR) is 92.2 cm³/mol. The fraction of sp³-hybridized carbons (Fsp3) is 0.222. The Morgan fingerprint density at radius 3 is 2.42 bits per heavy atom. The second kappa shape index (κ2) is 6.23. The Balaban J connectivity index is 1.97. The van der Waals surface area contributed by atoms with Crippen LogP contribution < -0.4 is 14.8 Å². The summed E-state index contributed by atoms with van der Waals surface area (Å²) in [6.07, 6.45) is 1.93. The van der Waals surface area contributed by atoms with Crippen molar-refractivity contribution in [2.45, 2.75) is 13.8 Å². The first kappa shape index (κ1) is 15.9. The first-order valence-electron chi connectivity index (χ1n) is 7.52. The van der Waals surface area contributed by atoms with Crippen LogP contribution >= 0.6 is 0 Å². The number of aryl methyl sites for hydroxylation is 2. The first-order valence-corrected chi connectivity index (χ1v) is 7.52. The molecular formula is C18H19N3O3. The molecule has 6 nitrogen and oxygen atoms in total. The van der Waals surface area contributed by atoms with Crippen LogP contribution in [0.5, 0.6) is 11.5 Å². The van der Waals surface area contributed by atoms with E-state index in [4.69, 9.17) is 9.47 Å². The van der Waals surface area contributed by atoms with Crippen LogP contribution in [-0.2, 0) is 0 Å². The quantitative estimate of drug-likeness (QED) is 0.800. The molecule has 0 fully saturated rings. The number of methoxy groups -OCH3 is 2. The highest BCUT2D eigenvalue weighted by molar-refractivity contribution is 6.06. The van der Waals surface area contributed by atoms with Crippen molar-refractivity contribution in [2.75, 3.05) is 19.5 Å². The molecule has 3 aromatic rings. The van der Waals surface area contributed by atoms with E-state index < -0.39 is 0 Å². The van der Waals surface area contributed by atoms with Crippen LogP contribution in [0.2, 0.25) is 0 Å². The van der Waals surface area contributed by atoms with Gasteiger partial charge in [0.2, 0.25) is 0 Å². The van der Waals surface area contributed by atoms with Crippen LogP contribution in [0.3, 0.4) is 0 Å². The van der Waals surface area contributed by atoms with Gasteiger partial charge in [0.05, 0.1) is 25.6 Å². The summed E-state index contributed by atoms with van der Waals surface area (Å²) in [5.41, 5.74) is 3.80. The lowest BCUT2D eigenvalue weighted by molar-refractivity contribution is 0.102. The van der Waals surface area contributed by atoms with E-state index in [1.807, 2.05) is 36.6 Å². The third kappa shape index (κ3) is 2.78. The monoisotopic (exact) mass is 325 g/mol. The summed E-state index contributed by atoms with van der Waals surface area (Å²) in [6, 6.07) is 8.76. The molecule has 0 saturated heterocycles. The van der Waals surface area contributed by atoms with Gasteiger partial charge in [0.25, 0.3) is 5.91 Å². The second-order valence-electron chi connectivity index (χ2n) is 5.45. The molecule has 0 aliphatic heterocycles. The Morgan fingerprint density at radius 1 is 1.12 bits per heavy atom. The molecule has 0 atom stereocenters. The maximum absolute atomic E-state index is 12.6. The number of nitrogens with zero attached hydrogens (tertiary/aromatic N) is 2. The number of aromatic nitrogens is 2. The van der Waals surface area contributed by atoms with Crippen LogP contribution in [0.4, 0.5) is 5.69 Å². The number of nitrogens with one attached hydrogen (secondary N) is 1. The van der Waals surface area contributed by atoms with Gasteiger partial charge in [-0.1, -0.05) is 0 Å². The molecule has 0 bridgehead atoms. The number of fused-ring (bicyclic) bond motifs is 1. The zero-order chi connectivity index (χ0) is 17.3. The second-order valence-corrected chi connectivity index (χ2v) is 5.45. The fourth-order valence-corrected chi connectivity index (χ4v) is 2.53.